The largest absolute Gasteiger partial charge is 0.341 e. The van der Waals surface area contributed by atoms with Gasteiger partial charge in [0, 0.05) is 41.8 Å². The molecule has 0 radical (unpaired) electrons. The summed E-state index contributed by atoms with van der Waals surface area (Å²) in [6.07, 6.45) is 4.73. The summed E-state index contributed by atoms with van der Waals surface area (Å²) in [4.78, 5) is 20.3. The van der Waals surface area contributed by atoms with Crippen LogP contribution in [0.2, 0.25) is 0 Å². The van der Waals surface area contributed by atoms with E-state index in [-0.39, 0.29) is 23.9 Å². The van der Waals surface area contributed by atoms with Crippen LogP contribution >= 0.6 is 22.7 Å². The molecule has 0 atom stereocenters. The average Bonchev–Trinajstić information content (AvgIpc) is 3.48. The van der Waals surface area contributed by atoms with Crippen molar-refractivity contribution < 1.29 is 13.2 Å². The summed E-state index contributed by atoms with van der Waals surface area (Å²) in [5.74, 6) is 0.00956. The van der Waals surface area contributed by atoms with Crippen LogP contribution in [0.1, 0.15) is 29.8 Å². The first-order chi connectivity index (χ1) is 14.4. The Morgan fingerprint density at radius 2 is 2.03 bits per heavy atom. The van der Waals surface area contributed by atoms with Crippen LogP contribution in [0.5, 0.6) is 0 Å². The molecule has 30 heavy (non-hydrogen) atoms. The number of thiazole rings is 1. The number of amides is 1. The lowest BCUT2D eigenvalue weighted by molar-refractivity contribution is -0.132. The second-order valence-corrected chi connectivity index (χ2v) is 11.0. The molecule has 3 aromatic rings. The van der Waals surface area contributed by atoms with E-state index in [1.54, 1.807) is 16.8 Å². The molecule has 0 aliphatic carbocycles. The number of aromatic nitrogens is 2. The van der Waals surface area contributed by atoms with Crippen LogP contribution in [0.25, 0.3) is 10.7 Å². The van der Waals surface area contributed by atoms with Crippen molar-refractivity contribution in [2.24, 2.45) is 0 Å². The minimum absolute atomic E-state index is 0.00956. The van der Waals surface area contributed by atoms with Crippen molar-refractivity contribution in [3.8, 4) is 10.7 Å². The number of aryl methyl sites for hydroxylation is 1. The van der Waals surface area contributed by atoms with Crippen molar-refractivity contribution >= 4 is 38.6 Å². The van der Waals surface area contributed by atoms with Gasteiger partial charge in [-0.3, -0.25) is 4.79 Å². The number of hydrogen-bond donors (Lipinski definition) is 1. The second kappa shape index (κ2) is 9.01. The van der Waals surface area contributed by atoms with E-state index in [1.807, 2.05) is 34.7 Å². The van der Waals surface area contributed by atoms with Crippen LogP contribution in [-0.4, -0.2) is 41.9 Å². The Morgan fingerprint density at radius 3 is 2.70 bits per heavy atom. The highest BCUT2D eigenvalue weighted by Gasteiger charge is 2.23. The summed E-state index contributed by atoms with van der Waals surface area (Å²) < 4.78 is 30.1. The first-order valence-electron chi connectivity index (χ1n) is 9.85. The standard InChI is InChI=1S/C20H24N4O3S3/c1-15-14-29-20(22-15)18-10-17(30(26,27)21-11-16-6-5-9-28-16)12-24(18)13-19(25)23-7-3-2-4-8-23/h5-6,9-10,12,14,21H,2-4,7-8,11,13H2,1H3. The van der Waals surface area contributed by atoms with E-state index in [4.69, 9.17) is 0 Å². The molecule has 3 aromatic heterocycles. The molecule has 1 aliphatic heterocycles. The zero-order valence-electron chi connectivity index (χ0n) is 16.7. The van der Waals surface area contributed by atoms with E-state index in [2.05, 4.69) is 9.71 Å². The number of piperidine rings is 1. The molecule has 1 N–H and O–H groups in total. The Morgan fingerprint density at radius 1 is 1.23 bits per heavy atom. The van der Waals surface area contributed by atoms with Gasteiger partial charge in [0.2, 0.25) is 15.9 Å². The highest BCUT2D eigenvalue weighted by Crippen LogP contribution is 2.28. The van der Waals surface area contributed by atoms with E-state index < -0.39 is 10.0 Å². The monoisotopic (exact) mass is 464 g/mol. The first kappa shape index (κ1) is 21.2. The van der Waals surface area contributed by atoms with Gasteiger partial charge in [-0.2, -0.15) is 0 Å². The van der Waals surface area contributed by atoms with E-state index >= 15 is 0 Å². The number of rotatable bonds is 7. The number of nitrogens with zero attached hydrogens (tertiary/aromatic N) is 3. The van der Waals surface area contributed by atoms with Gasteiger partial charge in [-0.05, 0) is 43.7 Å². The summed E-state index contributed by atoms with van der Waals surface area (Å²) in [5.41, 5.74) is 1.51. The molecule has 7 nitrogen and oxygen atoms in total. The van der Waals surface area contributed by atoms with Crippen LogP contribution in [0.3, 0.4) is 0 Å². The fourth-order valence-electron chi connectivity index (χ4n) is 3.46. The van der Waals surface area contributed by atoms with Crippen LogP contribution < -0.4 is 4.72 Å². The fraction of sp³-hybridized carbons (Fsp3) is 0.400. The summed E-state index contributed by atoms with van der Waals surface area (Å²) in [6, 6.07) is 5.39. The fourth-order valence-corrected chi connectivity index (χ4v) is 6.07. The Labute approximate surface area is 184 Å². The maximum atomic E-state index is 12.9. The molecule has 1 saturated heterocycles. The number of likely N-dealkylation sites (tertiary alicyclic amines) is 1. The lowest BCUT2D eigenvalue weighted by atomic mass is 10.1. The summed E-state index contributed by atoms with van der Waals surface area (Å²) >= 11 is 2.94. The Kier molecular flexibility index (Phi) is 6.37. The number of hydrogen-bond acceptors (Lipinski definition) is 6. The molecule has 1 fully saturated rings. The normalized spacial score (nSPS) is 14.9. The van der Waals surface area contributed by atoms with Crippen LogP contribution in [0.4, 0.5) is 0 Å². The van der Waals surface area contributed by atoms with Gasteiger partial charge in [0.05, 0.1) is 5.69 Å². The van der Waals surface area contributed by atoms with Crippen molar-refractivity contribution in [3.05, 3.63) is 45.7 Å². The maximum absolute atomic E-state index is 12.9. The molecule has 0 saturated carbocycles. The van der Waals surface area contributed by atoms with Crippen LogP contribution in [0.15, 0.2) is 40.1 Å². The second-order valence-electron chi connectivity index (χ2n) is 7.33. The quantitative estimate of drug-likeness (QED) is 0.580. The summed E-state index contributed by atoms with van der Waals surface area (Å²) in [6.45, 7) is 3.77. The van der Waals surface area contributed by atoms with Crippen molar-refractivity contribution in [1.29, 1.82) is 0 Å². The zero-order valence-corrected chi connectivity index (χ0v) is 19.2. The Balaban J connectivity index is 1.61. The molecule has 0 aromatic carbocycles. The predicted molar refractivity (Wildman–Crippen MR) is 119 cm³/mol. The van der Waals surface area contributed by atoms with Gasteiger partial charge >= 0.3 is 0 Å². The highest BCUT2D eigenvalue weighted by molar-refractivity contribution is 7.89. The van der Waals surface area contributed by atoms with Gasteiger partial charge in [0.25, 0.3) is 0 Å². The van der Waals surface area contributed by atoms with Crippen molar-refractivity contribution in [2.45, 2.75) is 44.2 Å². The predicted octanol–water partition coefficient (Wildman–Crippen LogP) is 3.47. The van der Waals surface area contributed by atoms with Crippen molar-refractivity contribution in [1.82, 2.24) is 19.2 Å². The molecular formula is C20H24N4O3S3. The topological polar surface area (TPSA) is 84.3 Å². The van der Waals surface area contributed by atoms with Gasteiger partial charge in [-0.15, -0.1) is 22.7 Å². The molecule has 4 rings (SSSR count). The molecule has 1 amide bonds. The number of sulfonamides is 1. The van der Waals surface area contributed by atoms with E-state index in [0.29, 0.717) is 10.7 Å². The molecule has 0 bridgehead atoms. The van der Waals surface area contributed by atoms with Crippen molar-refractivity contribution in [3.63, 3.8) is 0 Å². The maximum Gasteiger partial charge on any atom is 0.242 e. The third-order valence-corrected chi connectivity index (χ3v) is 8.28. The Bertz CT molecular complexity index is 1110. The van der Waals surface area contributed by atoms with Gasteiger partial charge in [-0.1, -0.05) is 6.07 Å². The molecule has 160 valence electrons. The highest BCUT2D eigenvalue weighted by atomic mass is 32.2. The summed E-state index contributed by atoms with van der Waals surface area (Å²) in [5, 5.41) is 4.54. The molecule has 1 aliphatic rings. The minimum atomic E-state index is -3.71. The number of thiophene rings is 1. The third-order valence-electron chi connectivity index (χ3n) is 5.05. The van der Waals surface area contributed by atoms with Gasteiger partial charge in [-0.25, -0.2) is 18.1 Å². The SMILES string of the molecule is Cc1csc(-c2cc(S(=O)(=O)NCc3cccs3)cn2CC(=O)N2CCCCC2)n1. The number of carbonyl (C=O) groups excluding carboxylic acids is 1. The van der Waals surface area contributed by atoms with Crippen LogP contribution in [0, 0.1) is 6.92 Å². The van der Waals surface area contributed by atoms with E-state index in [1.165, 1.54) is 22.7 Å². The molecule has 0 spiro atoms. The Hall–Kier alpha value is -2.01. The van der Waals surface area contributed by atoms with E-state index in [0.717, 1.165) is 42.9 Å². The molecule has 4 heterocycles. The number of carbonyl (C=O) groups is 1. The third kappa shape index (κ3) is 4.83. The van der Waals surface area contributed by atoms with Crippen molar-refractivity contribution in [2.75, 3.05) is 13.1 Å². The van der Waals surface area contributed by atoms with Gasteiger partial charge in [0.1, 0.15) is 16.4 Å². The summed E-state index contributed by atoms with van der Waals surface area (Å²) in [7, 11) is -3.71. The molecular weight excluding hydrogens is 440 g/mol. The molecule has 10 heteroatoms. The van der Waals surface area contributed by atoms with Crippen LogP contribution in [-0.2, 0) is 27.9 Å². The van der Waals surface area contributed by atoms with E-state index in [9.17, 15) is 13.2 Å². The number of nitrogens with one attached hydrogen (secondary N) is 1. The lowest BCUT2D eigenvalue weighted by Crippen LogP contribution is -2.37. The first-order valence-corrected chi connectivity index (χ1v) is 13.1. The zero-order chi connectivity index (χ0) is 21.1. The van der Waals surface area contributed by atoms with Gasteiger partial charge < -0.3 is 9.47 Å². The minimum Gasteiger partial charge on any atom is -0.341 e. The molecule has 0 unspecified atom stereocenters. The smallest absolute Gasteiger partial charge is 0.242 e. The lowest BCUT2D eigenvalue weighted by Gasteiger charge is -2.27. The van der Waals surface area contributed by atoms with Gasteiger partial charge in [0.15, 0.2) is 0 Å². The average molecular weight is 465 g/mol.